The van der Waals surface area contributed by atoms with Gasteiger partial charge in [-0.2, -0.15) is 0 Å². The number of oxazole rings is 1. The lowest BCUT2D eigenvalue weighted by Gasteiger charge is -1.99. The highest BCUT2D eigenvalue weighted by molar-refractivity contribution is 5.81. The van der Waals surface area contributed by atoms with Crippen molar-refractivity contribution in [3.05, 3.63) is 54.6 Å². The van der Waals surface area contributed by atoms with Crippen molar-refractivity contribution in [2.45, 2.75) is 0 Å². The van der Waals surface area contributed by atoms with E-state index in [4.69, 9.17) is 9.15 Å². The molecule has 0 radical (unpaired) electrons. The molecule has 0 aliphatic rings. The molecule has 22 heavy (non-hydrogen) atoms. The van der Waals surface area contributed by atoms with Crippen molar-refractivity contribution in [1.29, 1.82) is 0 Å². The highest BCUT2D eigenvalue weighted by atomic mass is 16.5. The number of aromatic nitrogens is 1. The minimum Gasteiger partial charge on any atom is -0.497 e. The summed E-state index contributed by atoms with van der Waals surface area (Å²) >= 11 is 0. The molecule has 1 heterocycles. The summed E-state index contributed by atoms with van der Waals surface area (Å²) in [7, 11) is 1.61. The highest BCUT2D eigenvalue weighted by Crippen LogP contribution is 2.32. The minimum atomic E-state index is 0.326. The second-order valence-electron chi connectivity index (χ2n) is 4.55. The number of rotatable bonds is 5. The van der Waals surface area contributed by atoms with E-state index in [0.717, 1.165) is 16.9 Å². The van der Waals surface area contributed by atoms with Crippen LogP contribution in [0.15, 0.2) is 59.0 Å². The zero-order valence-electron chi connectivity index (χ0n) is 11.9. The second kappa shape index (κ2) is 6.13. The Morgan fingerprint density at radius 2 is 1.77 bits per heavy atom. The van der Waals surface area contributed by atoms with E-state index in [9.17, 15) is 4.79 Å². The normalized spacial score (nSPS) is 10.2. The van der Waals surface area contributed by atoms with E-state index in [1.807, 2.05) is 54.6 Å². The van der Waals surface area contributed by atoms with Crippen molar-refractivity contribution in [3.8, 4) is 28.5 Å². The molecule has 1 amide bonds. The molecular weight excluding hydrogens is 280 g/mol. The Kier molecular flexibility index (Phi) is 3.87. The van der Waals surface area contributed by atoms with Crippen LogP contribution in [0.1, 0.15) is 0 Å². The largest absolute Gasteiger partial charge is 0.497 e. The van der Waals surface area contributed by atoms with Crippen molar-refractivity contribution in [2.24, 2.45) is 0 Å². The number of amides is 1. The van der Waals surface area contributed by atoms with Crippen molar-refractivity contribution >= 4 is 12.3 Å². The van der Waals surface area contributed by atoms with Gasteiger partial charge in [-0.1, -0.05) is 30.3 Å². The van der Waals surface area contributed by atoms with Gasteiger partial charge in [-0.05, 0) is 24.3 Å². The minimum absolute atomic E-state index is 0.326. The summed E-state index contributed by atoms with van der Waals surface area (Å²) in [6.07, 6.45) is 0.574. The average molecular weight is 294 g/mol. The van der Waals surface area contributed by atoms with Crippen molar-refractivity contribution in [1.82, 2.24) is 4.98 Å². The molecule has 3 aromatic rings. The third-order valence-corrected chi connectivity index (χ3v) is 3.20. The van der Waals surface area contributed by atoms with Gasteiger partial charge < -0.3 is 9.15 Å². The third-order valence-electron chi connectivity index (χ3n) is 3.20. The fourth-order valence-electron chi connectivity index (χ4n) is 2.12. The molecule has 5 heteroatoms. The molecule has 0 aliphatic carbocycles. The summed E-state index contributed by atoms with van der Waals surface area (Å²) < 4.78 is 10.8. The van der Waals surface area contributed by atoms with Crippen LogP contribution in [0.5, 0.6) is 5.75 Å². The smallest absolute Gasteiger partial charge is 0.229 e. The average Bonchev–Trinajstić information content (AvgIpc) is 3.00. The van der Waals surface area contributed by atoms with E-state index in [-0.39, 0.29) is 0 Å². The summed E-state index contributed by atoms with van der Waals surface area (Å²) in [4.78, 5) is 15.3. The highest BCUT2D eigenvalue weighted by Gasteiger charge is 2.15. The molecule has 1 N–H and O–H groups in total. The van der Waals surface area contributed by atoms with Crippen LogP contribution in [-0.4, -0.2) is 18.5 Å². The van der Waals surface area contributed by atoms with Gasteiger partial charge >= 0.3 is 0 Å². The van der Waals surface area contributed by atoms with E-state index < -0.39 is 0 Å². The first-order chi connectivity index (χ1) is 10.8. The summed E-state index contributed by atoms with van der Waals surface area (Å²) in [6, 6.07) is 16.9. The lowest BCUT2D eigenvalue weighted by atomic mass is 10.1. The van der Waals surface area contributed by atoms with E-state index >= 15 is 0 Å². The van der Waals surface area contributed by atoms with Crippen LogP contribution in [0.4, 0.5) is 5.88 Å². The van der Waals surface area contributed by atoms with Crippen molar-refractivity contribution in [2.75, 3.05) is 12.4 Å². The molecule has 0 saturated carbocycles. The number of hydrogen-bond acceptors (Lipinski definition) is 4. The Balaban J connectivity index is 2.04. The molecule has 0 saturated heterocycles. The Labute approximate surface area is 127 Å². The van der Waals surface area contributed by atoms with Crippen LogP contribution < -0.4 is 10.1 Å². The van der Waals surface area contributed by atoms with Crippen LogP contribution in [0.2, 0.25) is 0 Å². The molecule has 0 fully saturated rings. The van der Waals surface area contributed by atoms with Crippen LogP contribution in [0.3, 0.4) is 0 Å². The summed E-state index contributed by atoms with van der Waals surface area (Å²) in [5.41, 5.74) is 2.27. The fraction of sp³-hybridized carbons (Fsp3) is 0.0588. The number of nitrogens with zero attached hydrogens (tertiary/aromatic N) is 1. The van der Waals surface area contributed by atoms with Crippen molar-refractivity contribution < 1.29 is 13.9 Å². The first-order valence-electron chi connectivity index (χ1n) is 6.72. The van der Waals surface area contributed by atoms with Gasteiger partial charge in [-0.15, -0.1) is 0 Å². The molecule has 110 valence electrons. The van der Waals surface area contributed by atoms with Gasteiger partial charge in [-0.25, -0.2) is 4.98 Å². The van der Waals surface area contributed by atoms with Gasteiger partial charge in [0.25, 0.3) is 0 Å². The van der Waals surface area contributed by atoms with E-state index in [1.54, 1.807) is 7.11 Å². The first kappa shape index (κ1) is 13.9. The van der Waals surface area contributed by atoms with Crippen molar-refractivity contribution in [3.63, 3.8) is 0 Å². The van der Waals surface area contributed by atoms with E-state index in [0.29, 0.717) is 23.9 Å². The Hall–Kier alpha value is -3.08. The predicted molar refractivity (Wildman–Crippen MR) is 83.6 cm³/mol. The summed E-state index contributed by atoms with van der Waals surface area (Å²) in [5.74, 6) is 1.52. The van der Waals surface area contributed by atoms with Gasteiger partial charge in [0.1, 0.15) is 11.4 Å². The SMILES string of the molecule is COc1ccc(-c2nc(-c3ccccc3)c(NC=O)o2)cc1. The molecule has 1 aromatic heterocycles. The second-order valence-corrected chi connectivity index (χ2v) is 4.55. The monoisotopic (exact) mass is 294 g/mol. The zero-order chi connectivity index (χ0) is 15.4. The van der Waals surface area contributed by atoms with Crippen LogP contribution in [0.25, 0.3) is 22.7 Å². The quantitative estimate of drug-likeness (QED) is 0.730. The van der Waals surface area contributed by atoms with Gasteiger partial charge in [0.2, 0.25) is 18.2 Å². The van der Waals surface area contributed by atoms with Crippen LogP contribution >= 0.6 is 0 Å². The summed E-state index contributed by atoms with van der Waals surface area (Å²) in [5, 5.41) is 2.55. The maximum atomic E-state index is 10.8. The molecule has 0 unspecified atom stereocenters. The fourth-order valence-corrected chi connectivity index (χ4v) is 2.12. The number of anilines is 1. The van der Waals surface area contributed by atoms with Crippen LogP contribution in [-0.2, 0) is 4.79 Å². The lowest BCUT2D eigenvalue weighted by Crippen LogP contribution is -1.93. The lowest BCUT2D eigenvalue weighted by molar-refractivity contribution is -0.105. The van der Waals surface area contributed by atoms with Gasteiger partial charge in [0, 0.05) is 11.1 Å². The molecule has 0 bridgehead atoms. The standard InChI is InChI=1S/C17H14N2O3/c1-21-14-9-7-13(8-10-14)16-19-15(17(22-16)18-11-20)12-5-3-2-4-6-12/h2-11H,1H3,(H,18,20). The first-order valence-corrected chi connectivity index (χ1v) is 6.72. The molecule has 0 spiro atoms. The third kappa shape index (κ3) is 2.69. The topological polar surface area (TPSA) is 64.4 Å². The predicted octanol–water partition coefficient (Wildman–Crippen LogP) is 3.59. The van der Waals surface area contributed by atoms with Crippen LogP contribution in [0, 0.1) is 0 Å². The molecule has 0 aliphatic heterocycles. The van der Waals surface area contributed by atoms with E-state index in [1.165, 1.54) is 0 Å². The van der Waals surface area contributed by atoms with Gasteiger partial charge in [-0.3, -0.25) is 10.1 Å². The molecule has 5 nitrogen and oxygen atoms in total. The Bertz CT molecular complexity index is 764. The number of carbonyl (C=O) groups excluding carboxylic acids is 1. The number of benzene rings is 2. The molecule has 3 rings (SSSR count). The zero-order valence-corrected chi connectivity index (χ0v) is 11.9. The maximum Gasteiger partial charge on any atom is 0.229 e. The molecule has 2 aromatic carbocycles. The summed E-state index contributed by atoms with van der Waals surface area (Å²) in [6.45, 7) is 0. The number of nitrogens with one attached hydrogen (secondary N) is 1. The number of ether oxygens (including phenoxy) is 1. The van der Waals surface area contributed by atoms with Gasteiger partial charge in [0.15, 0.2) is 0 Å². The Morgan fingerprint density at radius 3 is 2.41 bits per heavy atom. The number of hydrogen-bond donors (Lipinski definition) is 1. The number of carbonyl (C=O) groups is 1. The van der Waals surface area contributed by atoms with Gasteiger partial charge in [0.05, 0.1) is 7.11 Å². The molecular formula is C17H14N2O3. The Morgan fingerprint density at radius 1 is 1.05 bits per heavy atom. The molecule has 0 atom stereocenters. The maximum absolute atomic E-state index is 10.8. The van der Waals surface area contributed by atoms with E-state index in [2.05, 4.69) is 10.3 Å². The number of methoxy groups -OCH3 is 1.